The van der Waals surface area contributed by atoms with Crippen LogP contribution in [-0.4, -0.2) is 37.5 Å². The molecule has 0 bridgehead atoms. The lowest BCUT2D eigenvalue weighted by Crippen LogP contribution is -2.39. The highest BCUT2D eigenvalue weighted by Crippen LogP contribution is 2.34. The Morgan fingerprint density at radius 2 is 1.95 bits per heavy atom. The van der Waals surface area contributed by atoms with Crippen molar-refractivity contribution in [3.05, 3.63) is 82.1 Å². The predicted molar refractivity (Wildman–Crippen MR) is 155 cm³/mol. The Kier molecular flexibility index (Phi) is 9.08. The van der Waals surface area contributed by atoms with Crippen molar-refractivity contribution in [2.24, 2.45) is 4.99 Å². The second-order valence-corrected chi connectivity index (χ2v) is 10.5. The monoisotopic (exact) mass is 659 g/mol. The van der Waals surface area contributed by atoms with Crippen molar-refractivity contribution < 1.29 is 23.7 Å². The van der Waals surface area contributed by atoms with Gasteiger partial charge >= 0.3 is 5.97 Å². The van der Waals surface area contributed by atoms with Crippen LogP contribution in [0.25, 0.3) is 6.08 Å². The van der Waals surface area contributed by atoms with Crippen LogP contribution in [0.15, 0.2) is 57.5 Å². The van der Waals surface area contributed by atoms with Crippen LogP contribution in [0.1, 0.15) is 37.9 Å². The Morgan fingerprint density at radius 1 is 1.21 bits per heavy atom. The van der Waals surface area contributed by atoms with Crippen molar-refractivity contribution in [3.8, 4) is 23.3 Å². The number of aromatic nitrogens is 1. The number of benzene rings is 2. The Morgan fingerprint density at radius 3 is 2.59 bits per heavy atom. The summed E-state index contributed by atoms with van der Waals surface area (Å²) in [5.41, 5.74) is 1.76. The van der Waals surface area contributed by atoms with Gasteiger partial charge < -0.3 is 18.9 Å². The van der Waals surface area contributed by atoms with E-state index in [0.29, 0.717) is 50.0 Å². The fourth-order valence-electron chi connectivity index (χ4n) is 4.27. The number of allylic oxidation sites excluding steroid dienone is 1. The lowest BCUT2D eigenvalue weighted by atomic mass is 9.96. The third-order valence-electron chi connectivity index (χ3n) is 5.86. The normalized spacial score (nSPS) is 14.8. The van der Waals surface area contributed by atoms with Gasteiger partial charge in [-0.15, -0.1) is 0 Å². The molecule has 0 saturated carbocycles. The average molecular weight is 660 g/mol. The van der Waals surface area contributed by atoms with Gasteiger partial charge in [-0.1, -0.05) is 23.5 Å². The Bertz CT molecular complexity index is 1650. The molecule has 1 aliphatic heterocycles. The molecule has 0 spiro atoms. The topological polar surface area (TPSA) is 112 Å². The molecule has 1 aliphatic rings. The maximum absolute atomic E-state index is 13.9. The van der Waals surface area contributed by atoms with E-state index in [1.165, 1.54) is 23.0 Å². The average Bonchev–Trinajstić information content (AvgIpc) is 3.21. The van der Waals surface area contributed by atoms with E-state index in [9.17, 15) is 9.59 Å². The molecule has 2 heterocycles. The molecule has 202 valence electrons. The minimum Gasteiger partial charge on any atom is -0.494 e. The number of carbonyl (C=O) groups excluding carboxylic acids is 1. The van der Waals surface area contributed by atoms with E-state index in [-0.39, 0.29) is 18.8 Å². The summed E-state index contributed by atoms with van der Waals surface area (Å²) in [7, 11) is 1.51. The summed E-state index contributed by atoms with van der Waals surface area (Å²) in [6.45, 7) is 5.90. The van der Waals surface area contributed by atoms with E-state index in [0.717, 1.165) is 9.13 Å². The largest absolute Gasteiger partial charge is 0.494 e. The van der Waals surface area contributed by atoms with Gasteiger partial charge in [-0.05, 0) is 79.3 Å². The van der Waals surface area contributed by atoms with Crippen LogP contribution in [0, 0.1) is 14.9 Å². The van der Waals surface area contributed by atoms with E-state index < -0.39 is 12.0 Å². The molecule has 0 amide bonds. The van der Waals surface area contributed by atoms with Crippen molar-refractivity contribution in [2.45, 2.75) is 26.8 Å². The van der Waals surface area contributed by atoms with Crippen molar-refractivity contribution in [1.29, 1.82) is 5.26 Å². The van der Waals surface area contributed by atoms with Crippen LogP contribution in [-0.2, 0) is 9.53 Å². The Labute approximate surface area is 242 Å². The Balaban J connectivity index is 1.94. The first-order chi connectivity index (χ1) is 18.8. The fourth-order valence-corrected chi connectivity index (χ4v) is 5.92. The van der Waals surface area contributed by atoms with Gasteiger partial charge in [0.1, 0.15) is 11.8 Å². The molecule has 1 atom stereocenters. The number of thiazole rings is 1. The van der Waals surface area contributed by atoms with Crippen molar-refractivity contribution in [2.75, 3.05) is 26.9 Å². The number of hydrogen-bond donors (Lipinski definition) is 0. The number of halogens is 1. The summed E-state index contributed by atoms with van der Waals surface area (Å²) < 4.78 is 24.8. The molecule has 4 rings (SSSR count). The second-order valence-electron chi connectivity index (χ2n) is 8.28. The smallest absolute Gasteiger partial charge is 0.338 e. The SMILES string of the molecule is CCOC(=O)C1=C(C)N=c2s/c(=C\c3cc(I)cc(OC)c3OCC#N)c(=O)n2[C@@H]1c1ccc(OCC)cc1. The molecule has 0 aliphatic carbocycles. The van der Waals surface area contributed by atoms with Crippen molar-refractivity contribution >= 4 is 46.0 Å². The van der Waals surface area contributed by atoms with Crippen molar-refractivity contribution in [3.63, 3.8) is 0 Å². The number of esters is 1. The molecule has 0 unspecified atom stereocenters. The van der Waals surface area contributed by atoms with Crippen LogP contribution in [0.2, 0.25) is 0 Å². The lowest BCUT2D eigenvalue weighted by Gasteiger charge is -2.24. The summed E-state index contributed by atoms with van der Waals surface area (Å²) in [6, 6.07) is 12.1. The van der Waals surface area contributed by atoms with Gasteiger partial charge in [0.15, 0.2) is 22.9 Å². The molecule has 11 heteroatoms. The van der Waals surface area contributed by atoms with Crippen LogP contribution < -0.4 is 29.1 Å². The van der Waals surface area contributed by atoms with Crippen LogP contribution in [0.5, 0.6) is 17.2 Å². The van der Waals surface area contributed by atoms with Gasteiger partial charge in [-0.25, -0.2) is 9.79 Å². The zero-order valence-corrected chi connectivity index (χ0v) is 24.8. The fraction of sp³-hybridized carbons (Fsp3) is 0.286. The number of methoxy groups -OCH3 is 1. The molecule has 39 heavy (non-hydrogen) atoms. The molecule has 3 aromatic rings. The zero-order valence-electron chi connectivity index (χ0n) is 21.8. The highest BCUT2D eigenvalue weighted by atomic mass is 127. The Hall–Kier alpha value is -3.63. The standard InChI is InChI=1S/C28H26IN3O6S/c1-5-36-20-9-7-17(8-10-20)24-23(27(34)37-6-2)16(3)31-28-32(24)26(33)22(39-28)14-18-13-19(29)15-21(35-4)25(18)38-12-11-30/h7-10,13-15,24H,5-6,12H2,1-4H3/b22-14-/t24-/m1/s1. The van der Waals surface area contributed by atoms with E-state index >= 15 is 0 Å². The minimum atomic E-state index is -0.738. The number of carbonyl (C=O) groups is 1. The van der Waals surface area contributed by atoms with E-state index in [1.54, 1.807) is 26.0 Å². The lowest BCUT2D eigenvalue weighted by molar-refractivity contribution is -0.139. The molecule has 0 fully saturated rings. The van der Waals surface area contributed by atoms with Gasteiger partial charge in [0, 0.05) is 9.13 Å². The molecule has 1 aromatic heterocycles. The third kappa shape index (κ3) is 5.86. The zero-order chi connectivity index (χ0) is 28.1. The molecule has 0 saturated heterocycles. The molecule has 0 N–H and O–H groups in total. The molecule has 2 aromatic carbocycles. The van der Waals surface area contributed by atoms with Gasteiger partial charge in [0.2, 0.25) is 0 Å². The first-order valence-corrected chi connectivity index (χ1v) is 14.0. The number of hydrogen-bond acceptors (Lipinski definition) is 9. The molecule has 0 radical (unpaired) electrons. The third-order valence-corrected chi connectivity index (χ3v) is 7.47. The van der Waals surface area contributed by atoms with Gasteiger partial charge in [-0.3, -0.25) is 9.36 Å². The number of nitrogens with zero attached hydrogens (tertiary/aromatic N) is 3. The molecular formula is C28H26IN3O6S. The van der Waals surface area contributed by atoms with E-state index in [1.807, 2.05) is 43.3 Å². The first-order valence-electron chi connectivity index (χ1n) is 12.1. The number of ether oxygens (including phenoxy) is 4. The highest BCUT2D eigenvalue weighted by molar-refractivity contribution is 14.1. The summed E-state index contributed by atoms with van der Waals surface area (Å²) in [6.07, 6.45) is 1.69. The second kappa shape index (κ2) is 12.5. The van der Waals surface area contributed by atoms with Crippen LogP contribution in [0.3, 0.4) is 0 Å². The number of fused-ring (bicyclic) bond motifs is 1. The summed E-state index contributed by atoms with van der Waals surface area (Å²) in [5.74, 6) is 0.965. The minimum absolute atomic E-state index is 0.182. The predicted octanol–water partition coefficient (Wildman–Crippen LogP) is 3.71. The van der Waals surface area contributed by atoms with Crippen LogP contribution in [0.4, 0.5) is 0 Å². The van der Waals surface area contributed by atoms with E-state index in [4.69, 9.17) is 24.2 Å². The summed E-state index contributed by atoms with van der Waals surface area (Å²) >= 11 is 3.35. The van der Waals surface area contributed by atoms with Crippen LogP contribution >= 0.6 is 33.9 Å². The quantitative estimate of drug-likeness (QED) is 0.255. The molecule has 9 nitrogen and oxygen atoms in total. The highest BCUT2D eigenvalue weighted by Gasteiger charge is 2.33. The van der Waals surface area contributed by atoms with Gasteiger partial charge in [0.25, 0.3) is 5.56 Å². The maximum atomic E-state index is 13.9. The van der Waals surface area contributed by atoms with Gasteiger partial charge in [0.05, 0.1) is 42.2 Å². The summed E-state index contributed by atoms with van der Waals surface area (Å²) in [4.78, 5) is 32.1. The first kappa shape index (κ1) is 28.4. The van der Waals surface area contributed by atoms with E-state index in [2.05, 4.69) is 27.6 Å². The summed E-state index contributed by atoms with van der Waals surface area (Å²) in [5, 5.41) is 9.06. The number of rotatable bonds is 9. The van der Waals surface area contributed by atoms with Crippen molar-refractivity contribution in [1.82, 2.24) is 4.57 Å². The number of nitriles is 1. The van der Waals surface area contributed by atoms with Gasteiger partial charge in [-0.2, -0.15) is 5.26 Å². The molecular weight excluding hydrogens is 633 g/mol. The maximum Gasteiger partial charge on any atom is 0.338 e.